The molecule has 0 spiro atoms. The first-order chi connectivity index (χ1) is 10.9. The standard InChI is InChI=1S/C16H19NO3S3/c1-23(19,20)12-13-4-6-14(7-5-13)16(18)17-8-10-21-11-15-3-2-9-22-15/h2-7,9H,8,10-12H2,1H3,(H,17,18). The van der Waals surface area contributed by atoms with E-state index in [-0.39, 0.29) is 11.7 Å². The molecule has 0 aliphatic carbocycles. The molecule has 7 heteroatoms. The summed E-state index contributed by atoms with van der Waals surface area (Å²) >= 11 is 3.52. The third kappa shape index (κ3) is 6.76. The Bertz CT molecular complexity index is 722. The molecule has 1 N–H and O–H groups in total. The number of sulfone groups is 1. The zero-order chi connectivity index (χ0) is 16.7. The Kier molecular flexibility index (Phi) is 6.68. The van der Waals surface area contributed by atoms with Gasteiger partial charge in [-0.05, 0) is 29.1 Å². The average molecular weight is 370 g/mol. The number of carbonyl (C=O) groups is 1. The molecular formula is C16H19NO3S3. The van der Waals surface area contributed by atoms with Gasteiger partial charge in [0.05, 0.1) is 5.75 Å². The third-order valence-corrected chi connectivity index (χ3v) is 5.93. The Morgan fingerprint density at radius 2 is 1.96 bits per heavy atom. The predicted molar refractivity (Wildman–Crippen MR) is 97.8 cm³/mol. The number of carbonyl (C=O) groups excluding carboxylic acids is 1. The van der Waals surface area contributed by atoms with Crippen molar-refractivity contribution in [3.8, 4) is 0 Å². The largest absolute Gasteiger partial charge is 0.351 e. The number of benzene rings is 1. The maximum atomic E-state index is 12.0. The molecule has 1 heterocycles. The molecule has 1 aromatic carbocycles. The fourth-order valence-electron chi connectivity index (χ4n) is 1.96. The Morgan fingerprint density at radius 3 is 2.57 bits per heavy atom. The van der Waals surface area contributed by atoms with Gasteiger partial charge >= 0.3 is 0 Å². The monoisotopic (exact) mass is 369 g/mol. The van der Waals surface area contributed by atoms with Gasteiger partial charge in [0, 0.05) is 34.7 Å². The minimum absolute atomic E-state index is 0.00570. The molecule has 1 amide bonds. The van der Waals surface area contributed by atoms with Gasteiger partial charge in [0.25, 0.3) is 5.91 Å². The van der Waals surface area contributed by atoms with E-state index in [1.165, 1.54) is 11.1 Å². The second kappa shape index (κ2) is 8.52. The zero-order valence-electron chi connectivity index (χ0n) is 12.8. The lowest BCUT2D eigenvalue weighted by Crippen LogP contribution is -2.25. The average Bonchev–Trinajstić information content (AvgIpc) is 2.99. The number of rotatable bonds is 8. The van der Waals surface area contributed by atoms with Crippen molar-refractivity contribution in [2.75, 3.05) is 18.6 Å². The first kappa shape index (κ1) is 18.0. The molecule has 0 saturated carbocycles. The van der Waals surface area contributed by atoms with Crippen LogP contribution in [0.25, 0.3) is 0 Å². The van der Waals surface area contributed by atoms with Crippen LogP contribution in [0.4, 0.5) is 0 Å². The van der Waals surface area contributed by atoms with Crippen LogP contribution in [-0.4, -0.2) is 32.9 Å². The Balaban J connectivity index is 1.72. The lowest BCUT2D eigenvalue weighted by Gasteiger charge is -2.06. The second-order valence-corrected chi connectivity index (χ2v) is 9.43. The van der Waals surface area contributed by atoms with Crippen molar-refractivity contribution >= 4 is 38.8 Å². The first-order valence-corrected chi connectivity index (χ1v) is 11.2. The highest BCUT2D eigenvalue weighted by molar-refractivity contribution is 7.98. The van der Waals surface area contributed by atoms with Crippen molar-refractivity contribution in [3.63, 3.8) is 0 Å². The van der Waals surface area contributed by atoms with Crippen LogP contribution in [0.1, 0.15) is 20.8 Å². The van der Waals surface area contributed by atoms with Gasteiger partial charge in [0.15, 0.2) is 9.84 Å². The molecule has 2 aromatic rings. The van der Waals surface area contributed by atoms with E-state index in [0.717, 1.165) is 11.5 Å². The molecule has 0 aliphatic heterocycles. The topological polar surface area (TPSA) is 63.2 Å². The maximum absolute atomic E-state index is 12.0. The van der Waals surface area contributed by atoms with Crippen LogP contribution in [0.15, 0.2) is 41.8 Å². The Morgan fingerprint density at radius 1 is 1.22 bits per heavy atom. The summed E-state index contributed by atoms with van der Waals surface area (Å²) in [4.78, 5) is 13.3. The summed E-state index contributed by atoms with van der Waals surface area (Å²) in [5, 5.41) is 4.93. The van der Waals surface area contributed by atoms with E-state index in [9.17, 15) is 13.2 Å². The quantitative estimate of drug-likeness (QED) is 0.727. The van der Waals surface area contributed by atoms with Crippen LogP contribution in [0.2, 0.25) is 0 Å². The molecule has 0 bridgehead atoms. The normalized spacial score (nSPS) is 11.3. The van der Waals surface area contributed by atoms with Crippen molar-refractivity contribution in [2.45, 2.75) is 11.5 Å². The van der Waals surface area contributed by atoms with Gasteiger partial charge in [-0.3, -0.25) is 4.79 Å². The molecule has 124 valence electrons. The van der Waals surface area contributed by atoms with Crippen LogP contribution >= 0.6 is 23.1 Å². The van der Waals surface area contributed by atoms with Crippen molar-refractivity contribution in [1.29, 1.82) is 0 Å². The van der Waals surface area contributed by atoms with E-state index in [1.54, 1.807) is 47.4 Å². The fourth-order valence-corrected chi connectivity index (χ4v) is 4.46. The van der Waals surface area contributed by atoms with Gasteiger partial charge < -0.3 is 5.32 Å². The molecule has 2 rings (SSSR count). The first-order valence-electron chi connectivity index (χ1n) is 7.09. The Hall–Kier alpha value is -1.31. The molecule has 0 radical (unpaired) electrons. The van der Waals surface area contributed by atoms with Gasteiger partial charge in [0.2, 0.25) is 0 Å². The number of nitrogens with one attached hydrogen (secondary N) is 1. The molecule has 0 unspecified atom stereocenters. The summed E-state index contributed by atoms with van der Waals surface area (Å²) in [6.07, 6.45) is 1.20. The highest BCUT2D eigenvalue weighted by atomic mass is 32.2. The molecule has 1 aromatic heterocycles. The molecule has 0 saturated heterocycles. The lowest BCUT2D eigenvalue weighted by molar-refractivity contribution is 0.0956. The minimum atomic E-state index is -3.05. The molecular weight excluding hydrogens is 350 g/mol. The zero-order valence-corrected chi connectivity index (χ0v) is 15.3. The number of hydrogen-bond acceptors (Lipinski definition) is 5. The summed E-state index contributed by atoms with van der Waals surface area (Å²) in [5.74, 6) is 1.69. The minimum Gasteiger partial charge on any atom is -0.351 e. The summed E-state index contributed by atoms with van der Waals surface area (Å²) in [6.45, 7) is 0.611. The number of thiophene rings is 1. The lowest BCUT2D eigenvalue weighted by atomic mass is 10.1. The third-order valence-electron chi connectivity index (χ3n) is 3.00. The summed E-state index contributed by atoms with van der Waals surface area (Å²) in [7, 11) is -3.05. The predicted octanol–water partition coefficient (Wildman–Crippen LogP) is 2.96. The highest BCUT2D eigenvalue weighted by Crippen LogP contribution is 2.16. The van der Waals surface area contributed by atoms with Crippen LogP contribution in [-0.2, 0) is 21.3 Å². The summed E-state index contributed by atoms with van der Waals surface area (Å²) in [5.41, 5.74) is 1.24. The van der Waals surface area contributed by atoms with E-state index in [2.05, 4.69) is 16.8 Å². The van der Waals surface area contributed by atoms with Crippen LogP contribution in [0.3, 0.4) is 0 Å². The molecule has 0 aliphatic rings. The van der Waals surface area contributed by atoms with Gasteiger partial charge in [-0.25, -0.2) is 8.42 Å². The van der Waals surface area contributed by atoms with Gasteiger partial charge in [-0.1, -0.05) is 18.2 Å². The van der Waals surface area contributed by atoms with E-state index < -0.39 is 9.84 Å². The smallest absolute Gasteiger partial charge is 0.251 e. The van der Waals surface area contributed by atoms with Crippen molar-refractivity contribution in [1.82, 2.24) is 5.32 Å². The number of hydrogen-bond donors (Lipinski definition) is 1. The van der Waals surface area contributed by atoms with E-state index in [1.807, 2.05) is 6.07 Å². The van der Waals surface area contributed by atoms with Gasteiger partial charge in [-0.2, -0.15) is 11.8 Å². The Labute approximate surface area is 145 Å². The van der Waals surface area contributed by atoms with Crippen LogP contribution in [0, 0.1) is 0 Å². The van der Waals surface area contributed by atoms with Crippen molar-refractivity contribution in [2.24, 2.45) is 0 Å². The molecule has 23 heavy (non-hydrogen) atoms. The molecule has 0 fully saturated rings. The van der Waals surface area contributed by atoms with Gasteiger partial charge in [0.1, 0.15) is 0 Å². The van der Waals surface area contributed by atoms with Crippen molar-refractivity contribution < 1.29 is 13.2 Å². The van der Waals surface area contributed by atoms with E-state index in [0.29, 0.717) is 17.7 Å². The maximum Gasteiger partial charge on any atom is 0.251 e. The van der Waals surface area contributed by atoms with E-state index >= 15 is 0 Å². The highest BCUT2D eigenvalue weighted by Gasteiger charge is 2.07. The van der Waals surface area contributed by atoms with E-state index in [4.69, 9.17) is 0 Å². The molecule has 0 atom stereocenters. The number of amides is 1. The van der Waals surface area contributed by atoms with Crippen LogP contribution in [0.5, 0.6) is 0 Å². The second-order valence-electron chi connectivity index (χ2n) is 5.15. The number of thioether (sulfide) groups is 1. The fraction of sp³-hybridized carbons (Fsp3) is 0.312. The summed E-state index contributed by atoms with van der Waals surface area (Å²) < 4.78 is 22.5. The van der Waals surface area contributed by atoms with Crippen molar-refractivity contribution in [3.05, 3.63) is 57.8 Å². The van der Waals surface area contributed by atoms with Gasteiger partial charge in [-0.15, -0.1) is 11.3 Å². The summed E-state index contributed by atoms with van der Waals surface area (Å²) in [6, 6.07) is 10.8. The van der Waals surface area contributed by atoms with Crippen LogP contribution < -0.4 is 5.32 Å². The molecule has 4 nitrogen and oxygen atoms in total. The SMILES string of the molecule is CS(=O)(=O)Cc1ccc(C(=O)NCCSCc2cccs2)cc1.